The zero-order chi connectivity index (χ0) is 23.1. The Morgan fingerprint density at radius 3 is 2.52 bits per heavy atom. The van der Waals surface area contributed by atoms with Crippen LogP contribution in [0.5, 0.6) is 11.5 Å². The summed E-state index contributed by atoms with van der Waals surface area (Å²) >= 11 is 0. The van der Waals surface area contributed by atoms with Crippen LogP contribution < -0.4 is 14.4 Å². The quantitative estimate of drug-likeness (QED) is 0.692. The number of fused-ring (bicyclic) bond motifs is 5. The van der Waals surface area contributed by atoms with Crippen LogP contribution in [0.1, 0.15) is 38.9 Å². The van der Waals surface area contributed by atoms with Crippen molar-refractivity contribution in [3.8, 4) is 11.5 Å². The summed E-state index contributed by atoms with van der Waals surface area (Å²) in [4.78, 5) is 44.9. The Morgan fingerprint density at radius 2 is 1.79 bits per heavy atom. The van der Waals surface area contributed by atoms with E-state index in [1.165, 1.54) is 14.2 Å². The van der Waals surface area contributed by atoms with Gasteiger partial charge in [-0.15, -0.1) is 0 Å². The number of morpholine rings is 1. The second-order valence-corrected chi connectivity index (χ2v) is 8.07. The average molecular weight is 451 g/mol. The number of methoxy groups -OCH3 is 2. The molecule has 0 saturated carbocycles. The van der Waals surface area contributed by atoms with Crippen LogP contribution in [0.15, 0.2) is 36.4 Å². The van der Waals surface area contributed by atoms with Crippen LogP contribution in [-0.4, -0.2) is 74.6 Å². The largest absolute Gasteiger partial charge is 0.493 e. The van der Waals surface area contributed by atoms with E-state index in [1.54, 1.807) is 51.1 Å². The number of amides is 3. The number of ether oxygens (including phenoxy) is 3. The highest BCUT2D eigenvalue weighted by Gasteiger charge is 2.49. The molecular weight excluding hydrogens is 426 g/mol. The van der Waals surface area contributed by atoms with Gasteiger partial charge in [-0.25, -0.2) is 0 Å². The molecule has 5 rings (SSSR count). The SMILES string of the molecule is COc1ccc2c(c1OC)C(=O)N1c3ccccc3C(=O)N(CCC(=O)N3CCOCC3)[C@@H]21. The molecule has 0 aromatic heterocycles. The summed E-state index contributed by atoms with van der Waals surface area (Å²) in [7, 11) is 3.00. The fourth-order valence-corrected chi connectivity index (χ4v) is 4.84. The molecular formula is C24H25N3O6. The molecule has 0 radical (unpaired) electrons. The van der Waals surface area contributed by atoms with Crippen LogP contribution in [0.2, 0.25) is 0 Å². The molecule has 0 spiro atoms. The summed E-state index contributed by atoms with van der Waals surface area (Å²) < 4.78 is 16.2. The first-order valence-corrected chi connectivity index (χ1v) is 10.9. The van der Waals surface area contributed by atoms with Gasteiger partial charge >= 0.3 is 0 Å². The molecule has 1 saturated heterocycles. The van der Waals surface area contributed by atoms with Crippen LogP contribution in [0.4, 0.5) is 5.69 Å². The molecule has 9 heteroatoms. The number of hydrogen-bond acceptors (Lipinski definition) is 6. The highest BCUT2D eigenvalue weighted by atomic mass is 16.5. The summed E-state index contributed by atoms with van der Waals surface area (Å²) in [5, 5.41) is 0. The van der Waals surface area contributed by atoms with Gasteiger partial charge in [0.1, 0.15) is 6.17 Å². The highest BCUT2D eigenvalue weighted by molar-refractivity contribution is 6.18. The highest BCUT2D eigenvalue weighted by Crippen LogP contribution is 2.49. The molecule has 0 N–H and O–H groups in total. The summed E-state index contributed by atoms with van der Waals surface area (Å²) in [6, 6.07) is 10.6. The minimum absolute atomic E-state index is 0.0339. The smallest absolute Gasteiger partial charge is 0.264 e. The van der Waals surface area contributed by atoms with E-state index in [1.807, 2.05) is 0 Å². The van der Waals surface area contributed by atoms with Gasteiger partial charge in [0.2, 0.25) is 5.91 Å². The third-order valence-corrected chi connectivity index (χ3v) is 6.41. The molecule has 2 aromatic rings. The number of carbonyl (C=O) groups is 3. The summed E-state index contributed by atoms with van der Waals surface area (Å²) in [5.74, 6) is 0.266. The Balaban J connectivity index is 1.55. The van der Waals surface area contributed by atoms with Crippen LogP contribution in [-0.2, 0) is 9.53 Å². The number of nitrogens with zero attached hydrogens (tertiary/aromatic N) is 3. The molecule has 3 amide bonds. The van der Waals surface area contributed by atoms with E-state index in [0.717, 1.165) is 0 Å². The van der Waals surface area contributed by atoms with Gasteiger partial charge in [-0.3, -0.25) is 19.3 Å². The molecule has 0 aliphatic carbocycles. The van der Waals surface area contributed by atoms with Crippen molar-refractivity contribution in [3.05, 3.63) is 53.1 Å². The maximum absolute atomic E-state index is 13.6. The molecule has 33 heavy (non-hydrogen) atoms. The lowest BCUT2D eigenvalue weighted by atomic mass is 10.0. The lowest BCUT2D eigenvalue weighted by Gasteiger charge is -2.41. The molecule has 9 nitrogen and oxygen atoms in total. The number of anilines is 1. The van der Waals surface area contributed by atoms with E-state index in [2.05, 4.69) is 0 Å². The first-order valence-electron chi connectivity index (χ1n) is 10.9. The zero-order valence-corrected chi connectivity index (χ0v) is 18.6. The Hall–Kier alpha value is -3.59. The molecule has 1 atom stereocenters. The van der Waals surface area contributed by atoms with Gasteiger partial charge in [-0.2, -0.15) is 0 Å². The molecule has 3 heterocycles. The lowest BCUT2D eigenvalue weighted by Crippen LogP contribution is -2.49. The van der Waals surface area contributed by atoms with Crippen LogP contribution in [0.3, 0.4) is 0 Å². The topological polar surface area (TPSA) is 88.6 Å². The van der Waals surface area contributed by atoms with E-state index in [-0.39, 0.29) is 30.7 Å². The van der Waals surface area contributed by atoms with E-state index in [4.69, 9.17) is 14.2 Å². The normalized spacial score (nSPS) is 19.2. The number of rotatable bonds is 5. The second-order valence-electron chi connectivity index (χ2n) is 8.07. The van der Waals surface area contributed by atoms with E-state index in [9.17, 15) is 14.4 Å². The fourth-order valence-electron chi connectivity index (χ4n) is 4.84. The first kappa shape index (κ1) is 21.3. The molecule has 172 valence electrons. The Labute approximate surface area is 191 Å². The van der Waals surface area contributed by atoms with Crippen molar-refractivity contribution in [1.82, 2.24) is 9.80 Å². The van der Waals surface area contributed by atoms with Crippen molar-refractivity contribution in [3.63, 3.8) is 0 Å². The van der Waals surface area contributed by atoms with E-state index >= 15 is 0 Å². The second kappa shape index (κ2) is 8.40. The van der Waals surface area contributed by atoms with Gasteiger partial charge in [0.25, 0.3) is 11.8 Å². The molecule has 2 aromatic carbocycles. The van der Waals surface area contributed by atoms with Crippen molar-refractivity contribution in [1.29, 1.82) is 0 Å². The van der Waals surface area contributed by atoms with Gasteiger partial charge in [-0.1, -0.05) is 18.2 Å². The number of hydrogen-bond donors (Lipinski definition) is 0. The van der Waals surface area contributed by atoms with E-state index < -0.39 is 6.17 Å². The predicted octanol–water partition coefficient (Wildman–Crippen LogP) is 2.07. The number of para-hydroxylation sites is 1. The molecule has 0 bridgehead atoms. The standard InChI is InChI=1S/C24H25N3O6/c1-31-18-8-7-16-20(21(18)32-2)24(30)27-17-6-4-3-5-15(17)23(29)26(22(16)27)10-9-19(28)25-11-13-33-14-12-25/h3-8,22H,9-14H2,1-2H3/t22-/m1/s1. The molecule has 0 unspecified atom stereocenters. The van der Waals surface area contributed by atoms with Crippen LogP contribution in [0, 0.1) is 0 Å². The Bertz CT molecular complexity index is 1130. The third-order valence-electron chi connectivity index (χ3n) is 6.41. The molecule has 1 fully saturated rings. The predicted molar refractivity (Wildman–Crippen MR) is 119 cm³/mol. The van der Waals surface area contributed by atoms with Gasteiger partial charge in [0, 0.05) is 31.6 Å². The minimum atomic E-state index is -0.660. The maximum atomic E-state index is 13.6. The monoisotopic (exact) mass is 451 g/mol. The van der Waals surface area contributed by atoms with Gasteiger partial charge < -0.3 is 24.0 Å². The van der Waals surface area contributed by atoms with Crippen LogP contribution in [0.25, 0.3) is 0 Å². The summed E-state index contributed by atoms with van der Waals surface area (Å²) in [5.41, 5.74) is 2.00. The summed E-state index contributed by atoms with van der Waals surface area (Å²) in [6.07, 6.45) is -0.498. The van der Waals surface area contributed by atoms with Gasteiger partial charge in [-0.05, 0) is 18.2 Å². The Morgan fingerprint density at radius 1 is 1.03 bits per heavy atom. The van der Waals surface area contributed by atoms with Gasteiger partial charge in [0.05, 0.1) is 44.2 Å². The maximum Gasteiger partial charge on any atom is 0.264 e. The molecule has 3 aliphatic rings. The number of benzene rings is 2. The fraction of sp³-hybridized carbons (Fsp3) is 0.375. The minimum Gasteiger partial charge on any atom is -0.493 e. The average Bonchev–Trinajstić information content (AvgIpc) is 3.16. The van der Waals surface area contributed by atoms with Gasteiger partial charge in [0.15, 0.2) is 11.5 Å². The number of carbonyl (C=O) groups excluding carboxylic acids is 3. The summed E-state index contributed by atoms with van der Waals surface area (Å²) in [6.45, 7) is 2.31. The van der Waals surface area contributed by atoms with Crippen molar-refractivity contribution in [2.24, 2.45) is 0 Å². The van der Waals surface area contributed by atoms with E-state index in [0.29, 0.717) is 60.2 Å². The van der Waals surface area contributed by atoms with Crippen molar-refractivity contribution >= 4 is 23.4 Å². The Kier molecular flexibility index (Phi) is 5.41. The van der Waals surface area contributed by atoms with Crippen molar-refractivity contribution < 1.29 is 28.6 Å². The third kappa shape index (κ3) is 3.31. The van der Waals surface area contributed by atoms with Crippen molar-refractivity contribution in [2.75, 3.05) is 52.0 Å². The van der Waals surface area contributed by atoms with Crippen LogP contribution >= 0.6 is 0 Å². The van der Waals surface area contributed by atoms with Crippen molar-refractivity contribution in [2.45, 2.75) is 12.6 Å². The lowest BCUT2D eigenvalue weighted by molar-refractivity contribution is -0.135. The zero-order valence-electron chi connectivity index (χ0n) is 18.6. The first-order chi connectivity index (χ1) is 16.1. The molecule has 3 aliphatic heterocycles.